The van der Waals surface area contributed by atoms with Crippen molar-refractivity contribution < 1.29 is 14.3 Å². The van der Waals surface area contributed by atoms with E-state index < -0.39 is 0 Å². The maximum absolute atomic E-state index is 13.0. The Morgan fingerprint density at radius 1 is 1.25 bits per heavy atom. The molecule has 28 heavy (non-hydrogen) atoms. The highest BCUT2D eigenvalue weighted by molar-refractivity contribution is 5.95. The summed E-state index contributed by atoms with van der Waals surface area (Å²) in [6, 6.07) is 11.7. The van der Waals surface area contributed by atoms with Gasteiger partial charge in [-0.15, -0.1) is 0 Å². The zero-order valence-corrected chi connectivity index (χ0v) is 16.5. The van der Waals surface area contributed by atoms with E-state index >= 15 is 0 Å². The van der Waals surface area contributed by atoms with Gasteiger partial charge in [0.05, 0.1) is 23.2 Å². The normalized spacial score (nSPS) is 20.2. The molecule has 1 aliphatic carbocycles. The fourth-order valence-electron chi connectivity index (χ4n) is 3.87. The molecule has 1 atom stereocenters. The van der Waals surface area contributed by atoms with E-state index in [9.17, 15) is 9.90 Å². The molecule has 3 aromatic rings. The predicted octanol–water partition coefficient (Wildman–Crippen LogP) is 4.50. The number of benzene rings is 1. The van der Waals surface area contributed by atoms with E-state index in [0.29, 0.717) is 24.2 Å². The molecule has 5 heteroatoms. The van der Waals surface area contributed by atoms with Crippen LogP contribution in [0.25, 0.3) is 10.9 Å². The summed E-state index contributed by atoms with van der Waals surface area (Å²) < 4.78 is 5.75. The average Bonchev–Trinajstić information content (AvgIpc) is 3.05. The molecule has 2 N–H and O–H groups in total. The molecular weight excluding hydrogens is 352 g/mol. The minimum atomic E-state index is -0.291. The number of fused-ring (bicyclic) bond motifs is 1. The maximum atomic E-state index is 13.0. The van der Waals surface area contributed by atoms with E-state index in [1.54, 1.807) is 0 Å². The molecule has 0 spiro atoms. The van der Waals surface area contributed by atoms with Gasteiger partial charge in [-0.2, -0.15) is 0 Å². The van der Waals surface area contributed by atoms with Gasteiger partial charge in [0.1, 0.15) is 11.5 Å². The first-order valence-electron chi connectivity index (χ1n) is 9.86. The lowest BCUT2D eigenvalue weighted by atomic mass is 9.75. The van der Waals surface area contributed by atoms with Crippen molar-refractivity contribution in [2.75, 3.05) is 0 Å². The van der Waals surface area contributed by atoms with Crippen LogP contribution in [0.4, 0.5) is 0 Å². The van der Waals surface area contributed by atoms with E-state index in [-0.39, 0.29) is 29.9 Å². The van der Waals surface area contributed by atoms with Crippen molar-refractivity contribution in [3.63, 3.8) is 0 Å². The number of para-hydroxylation sites is 1. The van der Waals surface area contributed by atoms with Crippen LogP contribution in [0.1, 0.15) is 66.1 Å². The number of furan rings is 1. The largest absolute Gasteiger partial charge is 0.465 e. The molecule has 1 aliphatic rings. The SMILES string of the molecule is Cc1oc(C(C)C)cc1C(=O)NC(c1cnc2ccccc2c1)C1CC(O)C1. The van der Waals surface area contributed by atoms with Crippen LogP contribution in [0.5, 0.6) is 0 Å². The van der Waals surface area contributed by atoms with Crippen LogP contribution in [0.2, 0.25) is 0 Å². The zero-order valence-electron chi connectivity index (χ0n) is 16.5. The topological polar surface area (TPSA) is 75.4 Å². The molecule has 1 saturated carbocycles. The summed E-state index contributed by atoms with van der Waals surface area (Å²) in [6.45, 7) is 5.90. The number of carbonyl (C=O) groups excluding carboxylic acids is 1. The number of aliphatic hydroxyl groups is 1. The minimum Gasteiger partial charge on any atom is -0.465 e. The third-order valence-corrected chi connectivity index (χ3v) is 5.63. The highest BCUT2D eigenvalue weighted by Gasteiger charge is 2.36. The Balaban J connectivity index is 1.63. The standard InChI is InChI=1S/C23H26N2O3/c1-13(2)21-11-19(14(3)28-21)23(27)25-22(16-9-18(26)10-16)17-8-15-6-4-5-7-20(15)24-12-17/h4-8,11-13,16,18,22,26H,9-10H2,1-3H3,(H,25,27). The van der Waals surface area contributed by atoms with Gasteiger partial charge in [0.25, 0.3) is 5.91 Å². The Morgan fingerprint density at radius 3 is 2.68 bits per heavy atom. The number of pyridine rings is 1. The molecule has 2 aromatic heterocycles. The molecule has 1 aromatic carbocycles. The number of hydrogen-bond acceptors (Lipinski definition) is 4. The van der Waals surface area contributed by atoms with Crippen LogP contribution in [0.15, 0.2) is 47.0 Å². The highest BCUT2D eigenvalue weighted by Crippen LogP contribution is 2.39. The fourth-order valence-corrected chi connectivity index (χ4v) is 3.87. The molecule has 5 nitrogen and oxygen atoms in total. The molecule has 1 fully saturated rings. The Bertz CT molecular complexity index is 1000. The summed E-state index contributed by atoms with van der Waals surface area (Å²) in [5, 5.41) is 14.0. The number of nitrogens with zero attached hydrogens (tertiary/aromatic N) is 1. The van der Waals surface area contributed by atoms with Crippen LogP contribution >= 0.6 is 0 Å². The first-order chi connectivity index (χ1) is 13.4. The van der Waals surface area contributed by atoms with Gasteiger partial charge in [0, 0.05) is 17.5 Å². The molecule has 1 unspecified atom stereocenters. The van der Waals surface area contributed by atoms with Crippen molar-refractivity contribution in [3.8, 4) is 0 Å². The lowest BCUT2D eigenvalue weighted by molar-refractivity contribution is 0.0235. The fraction of sp³-hybridized carbons (Fsp3) is 0.391. The number of aromatic nitrogens is 1. The van der Waals surface area contributed by atoms with Gasteiger partial charge in [-0.25, -0.2) is 0 Å². The summed E-state index contributed by atoms with van der Waals surface area (Å²) >= 11 is 0. The van der Waals surface area contributed by atoms with E-state index in [1.807, 2.05) is 57.3 Å². The summed E-state index contributed by atoms with van der Waals surface area (Å²) in [5.74, 6) is 1.71. The number of nitrogens with one attached hydrogen (secondary N) is 1. The Labute approximate surface area is 164 Å². The second kappa shape index (κ2) is 7.40. The number of aryl methyl sites for hydroxylation is 1. The van der Waals surface area contributed by atoms with Gasteiger partial charge in [0.15, 0.2) is 0 Å². The van der Waals surface area contributed by atoms with Crippen LogP contribution in [-0.4, -0.2) is 22.1 Å². The third-order valence-electron chi connectivity index (χ3n) is 5.63. The molecule has 0 bridgehead atoms. The molecule has 4 rings (SSSR count). The van der Waals surface area contributed by atoms with Gasteiger partial charge in [-0.3, -0.25) is 9.78 Å². The van der Waals surface area contributed by atoms with Crippen molar-refractivity contribution in [3.05, 3.63) is 65.2 Å². The number of rotatable bonds is 5. The van der Waals surface area contributed by atoms with Gasteiger partial charge < -0.3 is 14.8 Å². The van der Waals surface area contributed by atoms with Crippen LogP contribution in [-0.2, 0) is 0 Å². The van der Waals surface area contributed by atoms with Crippen LogP contribution in [0, 0.1) is 12.8 Å². The summed E-state index contributed by atoms with van der Waals surface area (Å²) in [7, 11) is 0. The molecule has 0 saturated heterocycles. The monoisotopic (exact) mass is 378 g/mol. The third kappa shape index (κ3) is 3.54. The molecule has 146 valence electrons. The quantitative estimate of drug-likeness (QED) is 0.685. The highest BCUT2D eigenvalue weighted by atomic mass is 16.3. The summed E-state index contributed by atoms with van der Waals surface area (Å²) in [6.07, 6.45) is 2.90. The first kappa shape index (κ1) is 18.7. The lowest BCUT2D eigenvalue weighted by Crippen LogP contribution is -2.41. The molecule has 1 amide bonds. The number of aliphatic hydroxyl groups excluding tert-OH is 1. The second-order valence-corrected chi connectivity index (χ2v) is 8.07. The lowest BCUT2D eigenvalue weighted by Gasteiger charge is -2.38. The van der Waals surface area contributed by atoms with Gasteiger partial charge in [-0.05, 0) is 49.4 Å². The van der Waals surface area contributed by atoms with Crippen molar-refractivity contribution in [2.45, 2.75) is 51.7 Å². The van der Waals surface area contributed by atoms with Gasteiger partial charge in [0.2, 0.25) is 0 Å². The van der Waals surface area contributed by atoms with Crippen molar-refractivity contribution >= 4 is 16.8 Å². The van der Waals surface area contributed by atoms with E-state index in [4.69, 9.17) is 4.42 Å². The van der Waals surface area contributed by atoms with Crippen LogP contribution in [0.3, 0.4) is 0 Å². The number of amides is 1. The maximum Gasteiger partial charge on any atom is 0.255 e. The van der Waals surface area contributed by atoms with Gasteiger partial charge >= 0.3 is 0 Å². The van der Waals surface area contributed by atoms with Crippen LogP contribution < -0.4 is 5.32 Å². The second-order valence-electron chi connectivity index (χ2n) is 8.07. The average molecular weight is 378 g/mol. The Morgan fingerprint density at radius 2 is 2.00 bits per heavy atom. The minimum absolute atomic E-state index is 0.146. The molecule has 0 aliphatic heterocycles. The van der Waals surface area contributed by atoms with Crippen molar-refractivity contribution in [1.29, 1.82) is 0 Å². The summed E-state index contributed by atoms with van der Waals surface area (Å²) in [5.41, 5.74) is 2.47. The van der Waals surface area contributed by atoms with E-state index in [1.165, 1.54) is 0 Å². The molecule has 2 heterocycles. The first-order valence-corrected chi connectivity index (χ1v) is 9.86. The summed E-state index contributed by atoms with van der Waals surface area (Å²) in [4.78, 5) is 17.6. The molecular formula is C23H26N2O3. The van der Waals surface area contributed by atoms with E-state index in [0.717, 1.165) is 22.2 Å². The Hall–Kier alpha value is -2.66. The number of carbonyl (C=O) groups is 1. The predicted molar refractivity (Wildman–Crippen MR) is 108 cm³/mol. The van der Waals surface area contributed by atoms with Crippen molar-refractivity contribution in [1.82, 2.24) is 10.3 Å². The smallest absolute Gasteiger partial charge is 0.255 e. The number of hydrogen-bond donors (Lipinski definition) is 2. The molecule has 0 radical (unpaired) electrons. The Kier molecular flexibility index (Phi) is 4.94. The van der Waals surface area contributed by atoms with E-state index in [2.05, 4.69) is 16.4 Å². The van der Waals surface area contributed by atoms with Gasteiger partial charge in [-0.1, -0.05) is 32.0 Å². The zero-order chi connectivity index (χ0) is 19.8. The van der Waals surface area contributed by atoms with Crippen molar-refractivity contribution in [2.24, 2.45) is 5.92 Å².